The largest absolute Gasteiger partial charge is 0.394 e. The van der Waals surface area contributed by atoms with E-state index < -0.39 is 0 Å². The molecule has 7 nitrogen and oxygen atoms in total. The molecular formula is C19H24BrN5O2. The molecule has 27 heavy (non-hydrogen) atoms. The smallest absolute Gasteiger partial charge is 0.251 e. The molecule has 1 aliphatic rings. The molecule has 1 amide bonds. The van der Waals surface area contributed by atoms with E-state index in [9.17, 15) is 9.90 Å². The predicted octanol–water partition coefficient (Wildman–Crippen LogP) is 2.43. The van der Waals surface area contributed by atoms with Gasteiger partial charge in [0.05, 0.1) is 12.6 Å². The molecule has 2 heterocycles. The third-order valence-electron chi connectivity index (χ3n) is 4.59. The summed E-state index contributed by atoms with van der Waals surface area (Å²) in [5, 5.41) is 15.6. The summed E-state index contributed by atoms with van der Waals surface area (Å²) in [6.45, 7) is 2.33. The highest BCUT2D eigenvalue weighted by Gasteiger charge is 2.25. The highest BCUT2D eigenvalue weighted by molar-refractivity contribution is 9.10. The van der Waals surface area contributed by atoms with E-state index in [0.717, 1.165) is 41.9 Å². The van der Waals surface area contributed by atoms with Crippen LogP contribution >= 0.6 is 15.9 Å². The molecular weight excluding hydrogens is 410 g/mol. The Morgan fingerprint density at radius 2 is 2.07 bits per heavy atom. The third-order valence-corrected chi connectivity index (χ3v) is 5.12. The molecule has 2 aromatic rings. The normalized spacial score (nSPS) is 16.4. The highest BCUT2D eigenvalue weighted by atomic mass is 79.9. The molecule has 0 radical (unpaired) electrons. The van der Waals surface area contributed by atoms with Crippen LogP contribution in [0.1, 0.15) is 29.6 Å². The van der Waals surface area contributed by atoms with Crippen LogP contribution in [0.15, 0.2) is 41.1 Å². The van der Waals surface area contributed by atoms with Gasteiger partial charge in [0.15, 0.2) is 0 Å². The number of aliphatic hydroxyl groups is 1. The summed E-state index contributed by atoms with van der Waals surface area (Å²) in [4.78, 5) is 22.8. The minimum Gasteiger partial charge on any atom is -0.394 e. The number of aliphatic hydroxyl groups excluding tert-OH is 1. The van der Waals surface area contributed by atoms with Crippen LogP contribution in [0.3, 0.4) is 0 Å². The van der Waals surface area contributed by atoms with Crippen molar-refractivity contribution in [3.8, 4) is 0 Å². The van der Waals surface area contributed by atoms with E-state index in [-0.39, 0.29) is 18.6 Å². The van der Waals surface area contributed by atoms with Gasteiger partial charge in [0, 0.05) is 35.7 Å². The zero-order valence-corrected chi connectivity index (χ0v) is 16.7. The lowest BCUT2D eigenvalue weighted by Gasteiger charge is -2.24. The molecule has 0 saturated carbocycles. The SMILES string of the molecule is O=C(NCCCNc1cc(N2CCCC2CO)ncn1)c1ccc(Br)cc1. The van der Waals surface area contributed by atoms with Crippen molar-refractivity contribution in [2.24, 2.45) is 0 Å². The summed E-state index contributed by atoms with van der Waals surface area (Å²) in [7, 11) is 0. The van der Waals surface area contributed by atoms with Crippen LogP contribution in [0, 0.1) is 0 Å². The number of carbonyl (C=O) groups excluding carboxylic acids is 1. The first kappa shape index (κ1) is 19.6. The second-order valence-electron chi connectivity index (χ2n) is 6.48. The van der Waals surface area contributed by atoms with Gasteiger partial charge in [0.25, 0.3) is 5.91 Å². The Kier molecular flexibility index (Phi) is 7.00. The first-order chi connectivity index (χ1) is 13.2. The van der Waals surface area contributed by atoms with Gasteiger partial charge < -0.3 is 20.6 Å². The summed E-state index contributed by atoms with van der Waals surface area (Å²) >= 11 is 3.36. The zero-order valence-electron chi connectivity index (χ0n) is 15.1. The van der Waals surface area contributed by atoms with Gasteiger partial charge in [-0.1, -0.05) is 15.9 Å². The standard InChI is InChI=1S/C19H24BrN5O2/c20-15-6-4-14(5-7-15)19(27)22-9-2-8-21-17-11-18(24-13-23-17)25-10-1-3-16(25)12-26/h4-7,11,13,16,26H,1-3,8-10,12H2,(H,22,27)(H,21,23,24). The molecule has 0 spiro atoms. The Bertz CT molecular complexity index is 756. The van der Waals surface area contributed by atoms with Crippen LogP contribution in [0.5, 0.6) is 0 Å². The molecule has 1 fully saturated rings. The maximum Gasteiger partial charge on any atom is 0.251 e. The summed E-state index contributed by atoms with van der Waals surface area (Å²) in [5.41, 5.74) is 0.649. The van der Waals surface area contributed by atoms with Gasteiger partial charge in [0.2, 0.25) is 0 Å². The van der Waals surface area contributed by atoms with Crippen LogP contribution in [0.25, 0.3) is 0 Å². The highest BCUT2D eigenvalue weighted by Crippen LogP contribution is 2.24. The molecule has 1 atom stereocenters. The fraction of sp³-hybridized carbons (Fsp3) is 0.421. The minimum absolute atomic E-state index is 0.0732. The molecule has 3 N–H and O–H groups in total. The number of anilines is 2. The maximum absolute atomic E-state index is 12.0. The van der Waals surface area contributed by atoms with Crippen LogP contribution in [0.4, 0.5) is 11.6 Å². The fourth-order valence-electron chi connectivity index (χ4n) is 3.14. The summed E-state index contributed by atoms with van der Waals surface area (Å²) in [5.74, 6) is 1.52. The molecule has 0 bridgehead atoms. The molecule has 3 rings (SSSR count). The van der Waals surface area contributed by atoms with Crippen molar-refractivity contribution in [2.75, 3.05) is 36.5 Å². The van der Waals surface area contributed by atoms with E-state index in [1.54, 1.807) is 18.5 Å². The second kappa shape index (κ2) is 9.66. The van der Waals surface area contributed by atoms with Gasteiger partial charge >= 0.3 is 0 Å². The van der Waals surface area contributed by atoms with Crippen LogP contribution < -0.4 is 15.5 Å². The lowest BCUT2D eigenvalue weighted by Crippen LogP contribution is -2.32. The molecule has 0 aliphatic carbocycles. The van der Waals surface area contributed by atoms with Crippen molar-refractivity contribution in [1.29, 1.82) is 0 Å². The number of aromatic nitrogens is 2. The van der Waals surface area contributed by atoms with Crippen LogP contribution in [-0.2, 0) is 0 Å². The minimum atomic E-state index is -0.0732. The van der Waals surface area contributed by atoms with Gasteiger partial charge in [0.1, 0.15) is 18.0 Å². The molecule has 1 aliphatic heterocycles. The Balaban J connectivity index is 1.42. The molecule has 1 saturated heterocycles. The van der Waals surface area contributed by atoms with E-state index in [1.165, 1.54) is 0 Å². The van der Waals surface area contributed by atoms with Crippen molar-refractivity contribution in [3.05, 3.63) is 46.7 Å². The van der Waals surface area contributed by atoms with Crippen molar-refractivity contribution in [2.45, 2.75) is 25.3 Å². The molecule has 1 aromatic carbocycles. The van der Waals surface area contributed by atoms with Gasteiger partial charge in [-0.15, -0.1) is 0 Å². The van der Waals surface area contributed by atoms with Crippen LogP contribution in [0.2, 0.25) is 0 Å². The van der Waals surface area contributed by atoms with Gasteiger partial charge in [-0.2, -0.15) is 0 Å². The van der Waals surface area contributed by atoms with Crippen molar-refractivity contribution in [1.82, 2.24) is 15.3 Å². The van der Waals surface area contributed by atoms with Gasteiger partial charge in [-0.05, 0) is 43.5 Å². The van der Waals surface area contributed by atoms with Crippen molar-refractivity contribution >= 4 is 33.5 Å². The monoisotopic (exact) mass is 433 g/mol. The van der Waals surface area contributed by atoms with Gasteiger partial charge in [-0.3, -0.25) is 4.79 Å². The van der Waals surface area contributed by atoms with E-state index in [4.69, 9.17) is 0 Å². The number of nitrogens with zero attached hydrogens (tertiary/aromatic N) is 3. The summed E-state index contributed by atoms with van der Waals surface area (Å²) in [6.07, 6.45) is 4.38. The average Bonchev–Trinajstić information content (AvgIpc) is 3.17. The Morgan fingerprint density at radius 3 is 2.85 bits per heavy atom. The molecule has 144 valence electrons. The number of hydrogen-bond donors (Lipinski definition) is 3. The molecule has 8 heteroatoms. The number of halogens is 1. The number of nitrogens with one attached hydrogen (secondary N) is 2. The van der Waals surface area contributed by atoms with Crippen LogP contribution in [-0.4, -0.2) is 53.3 Å². The predicted molar refractivity (Wildman–Crippen MR) is 109 cm³/mol. The number of benzene rings is 1. The number of rotatable bonds is 8. The topological polar surface area (TPSA) is 90.4 Å². The van der Waals surface area contributed by atoms with Crippen molar-refractivity contribution in [3.63, 3.8) is 0 Å². The molecule has 1 aromatic heterocycles. The van der Waals surface area contributed by atoms with E-state index in [1.807, 2.05) is 18.2 Å². The third kappa shape index (κ3) is 5.40. The van der Waals surface area contributed by atoms with E-state index in [2.05, 4.69) is 41.4 Å². The summed E-state index contributed by atoms with van der Waals surface area (Å²) in [6, 6.07) is 9.34. The first-order valence-electron chi connectivity index (χ1n) is 9.14. The molecule has 1 unspecified atom stereocenters. The number of amides is 1. The quantitative estimate of drug-likeness (QED) is 0.553. The van der Waals surface area contributed by atoms with E-state index >= 15 is 0 Å². The number of hydrogen-bond acceptors (Lipinski definition) is 6. The lowest BCUT2D eigenvalue weighted by atomic mass is 10.2. The number of carbonyl (C=O) groups is 1. The van der Waals surface area contributed by atoms with Gasteiger partial charge in [-0.25, -0.2) is 9.97 Å². The maximum atomic E-state index is 12.0. The summed E-state index contributed by atoms with van der Waals surface area (Å²) < 4.78 is 0.951. The Labute approximate surface area is 167 Å². The fourth-order valence-corrected chi connectivity index (χ4v) is 3.40. The Hall–Kier alpha value is -2.19. The average molecular weight is 434 g/mol. The first-order valence-corrected chi connectivity index (χ1v) is 9.94. The lowest BCUT2D eigenvalue weighted by molar-refractivity contribution is 0.0953. The second-order valence-corrected chi connectivity index (χ2v) is 7.39. The van der Waals surface area contributed by atoms with Crippen molar-refractivity contribution < 1.29 is 9.90 Å². The van der Waals surface area contributed by atoms with E-state index in [0.29, 0.717) is 18.7 Å². The Morgan fingerprint density at radius 1 is 1.26 bits per heavy atom. The zero-order chi connectivity index (χ0) is 19.1.